The number of amides is 1. The Morgan fingerprint density at radius 1 is 1.12 bits per heavy atom. The van der Waals surface area contributed by atoms with Crippen molar-refractivity contribution in [3.63, 3.8) is 0 Å². The number of hydrogen-bond donors (Lipinski definition) is 0. The third kappa shape index (κ3) is 4.18. The minimum absolute atomic E-state index is 0.00323. The molecule has 0 saturated carbocycles. The number of hydrogen-bond acceptors (Lipinski definition) is 9. The summed E-state index contributed by atoms with van der Waals surface area (Å²) in [5, 5.41) is 22.9. The number of thioether (sulfide) groups is 1. The number of non-ortho nitro benzene ring substituents is 2. The van der Waals surface area contributed by atoms with Crippen LogP contribution in [0.5, 0.6) is 0 Å². The number of thiazole rings is 1. The van der Waals surface area contributed by atoms with Crippen molar-refractivity contribution in [2.45, 2.75) is 11.4 Å². The van der Waals surface area contributed by atoms with E-state index in [1.165, 1.54) is 34.3 Å². The Kier molecular flexibility index (Phi) is 5.88. The highest BCUT2D eigenvalue weighted by Crippen LogP contribution is 2.36. The molecule has 0 aliphatic heterocycles. The van der Waals surface area contributed by atoms with Crippen molar-refractivity contribution < 1.29 is 19.1 Å². The van der Waals surface area contributed by atoms with E-state index in [4.69, 9.17) is 4.42 Å². The highest BCUT2D eigenvalue weighted by atomic mass is 32.2. The Balaban J connectivity index is 1.83. The predicted molar refractivity (Wildman–Crippen MR) is 120 cm³/mol. The monoisotopic (exact) mass is 470 g/mol. The zero-order valence-corrected chi connectivity index (χ0v) is 18.1. The van der Waals surface area contributed by atoms with E-state index in [2.05, 4.69) is 4.98 Å². The van der Waals surface area contributed by atoms with Gasteiger partial charge in [0.15, 0.2) is 5.13 Å². The van der Waals surface area contributed by atoms with Gasteiger partial charge in [-0.15, -0.1) is 11.8 Å². The summed E-state index contributed by atoms with van der Waals surface area (Å²) in [4.78, 5) is 41.3. The third-order valence-electron chi connectivity index (χ3n) is 4.53. The van der Waals surface area contributed by atoms with E-state index in [1.807, 2.05) is 24.5 Å². The molecule has 0 fully saturated rings. The van der Waals surface area contributed by atoms with Gasteiger partial charge in [-0.25, -0.2) is 4.98 Å². The second kappa shape index (κ2) is 8.77. The molecule has 0 unspecified atom stereocenters. The van der Waals surface area contributed by atoms with Crippen LogP contribution in [-0.2, 0) is 6.54 Å². The van der Waals surface area contributed by atoms with Crippen LogP contribution in [0.3, 0.4) is 0 Å². The highest BCUT2D eigenvalue weighted by Gasteiger charge is 2.27. The van der Waals surface area contributed by atoms with Gasteiger partial charge in [0.25, 0.3) is 17.3 Å². The summed E-state index contributed by atoms with van der Waals surface area (Å²) < 4.78 is 6.23. The first-order valence-electron chi connectivity index (χ1n) is 9.09. The zero-order chi connectivity index (χ0) is 22.8. The summed E-state index contributed by atoms with van der Waals surface area (Å²) >= 11 is 2.79. The minimum Gasteiger partial charge on any atom is -0.467 e. The molecular formula is C20H14N4O6S2. The van der Waals surface area contributed by atoms with Crippen LogP contribution in [0, 0.1) is 20.2 Å². The Hall–Kier alpha value is -3.77. The summed E-state index contributed by atoms with van der Waals surface area (Å²) in [6, 6.07) is 11.9. The molecule has 4 rings (SSSR count). The van der Waals surface area contributed by atoms with Gasteiger partial charge in [-0.3, -0.25) is 29.9 Å². The van der Waals surface area contributed by atoms with E-state index >= 15 is 0 Å². The van der Waals surface area contributed by atoms with E-state index in [-0.39, 0.29) is 12.1 Å². The lowest BCUT2D eigenvalue weighted by molar-refractivity contribution is -0.394. The lowest BCUT2D eigenvalue weighted by Crippen LogP contribution is -2.30. The van der Waals surface area contributed by atoms with Gasteiger partial charge in [-0.05, 0) is 30.5 Å². The van der Waals surface area contributed by atoms with Crippen LogP contribution >= 0.6 is 23.1 Å². The quantitative estimate of drug-likeness (QED) is 0.202. The Morgan fingerprint density at radius 2 is 1.84 bits per heavy atom. The average Bonchev–Trinajstić information content (AvgIpc) is 3.45. The maximum Gasteiger partial charge on any atom is 0.277 e. The first kappa shape index (κ1) is 21.5. The molecule has 0 saturated heterocycles. The molecule has 12 heteroatoms. The molecule has 0 spiro atoms. The van der Waals surface area contributed by atoms with Crippen molar-refractivity contribution in [3.05, 3.63) is 86.3 Å². The number of aromatic nitrogens is 1. The van der Waals surface area contributed by atoms with Gasteiger partial charge >= 0.3 is 0 Å². The number of nitro groups is 2. The molecule has 162 valence electrons. The maximum absolute atomic E-state index is 13.5. The molecule has 2 heterocycles. The minimum atomic E-state index is -0.775. The Labute approximate surface area is 188 Å². The number of nitrogens with zero attached hydrogens (tertiary/aromatic N) is 4. The second-order valence-corrected chi connectivity index (χ2v) is 8.38. The normalized spacial score (nSPS) is 10.9. The molecule has 0 atom stereocenters. The van der Waals surface area contributed by atoms with Gasteiger partial charge in [0.1, 0.15) is 5.76 Å². The molecular weight excluding hydrogens is 456 g/mol. The SMILES string of the molecule is CSc1cccc2sc(N(Cc3ccco3)C(=O)c3cc([N+](=O)[O-])cc([N+](=O)[O-])c3)nc12. The fourth-order valence-corrected chi connectivity index (χ4v) is 4.68. The van der Waals surface area contributed by atoms with Crippen molar-refractivity contribution >= 4 is 55.7 Å². The summed E-state index contributed by atoms with van der Waals surface area (Å²) in [6.45, 7) is -0.00323. The maximum atomic E-state index is 13.5. The molecule has 32 heavy (non-hydrogen) atoms. The molecule has 2 aromatic heterocycles. The average molecular weight is 470 g/mol. The van der Waals surface area contributed by atoms with Gasteiger partial charge in [0.05, 0.1) is 44.5 Å². The van der Waals surface area contributed by atoms with Crippen LogP contribution in [-0.4, -0.2) is 27.0 Å². The van der Waals surface area contributed by atoms with Crippen molar-refractivity contribution in [3.8, 4) is 0 Å². The largest absolute Gasteiger partial charge is 0.467 e. The molecule has 10 nitrogen and oxygen atoms in total. The van der Waals surface area contributed by atoms with E-state index < -0.39 is 27.1 Å². The summed E-state index contributed by atoms with van der Waals surface area (Å²) in [7, 11) is 0. The van der Waals surface area contributed by atoms with E-state index in [1.54, 1.807) is 12.1 Å². The Morgan fingerprint density at radius 3 is 2.44 bits per heavy atom. The highest BCUT2D eigenvalue weighted by molar-refractivity contribution is 7.98. The number of anilines is 1. The standard InChI is InChI=1S/C20H14N4O6S2/c1-31-16-5-2-6-17-18(16)21-20(32-17)22(11-15-4-3-7-30-15)19(25)12-8-13(23(26)27)10-14(9-12)24(28)29/h2-10H,11H2,1H3. The molecule has 4 aromatic rings. The van der Waals surface area contributed by atoms with Gasteiger partial charge in [0, 0.05) is 17.0 Å². The van der Waals surface area contributed by atoms with E-state index in [9.17, 15) is 25.0 Å². The summed E-state index contributed by atoms with van der Waals surface area (Å²) in [6.07, 6.45) is 3.38. The van der Waals surface area contributed by atoms with Crippen molar-refractivity contribution in [2.24, 2.45) is 0 Å². The molecule has 0 aliphatic rings. The van der Waals surface area contributed by atoms with Gasteiger partial charge in [-0.2, -0.15) is 0 Å². The zero-order valence-electron chi connectivity index (χ0n) is 16.5. The van der Waals surface area contributed by atoms with Crippen molar-refractivity contribution in [2.75, 3.05) is 11.2 Å². The van der Waals surface area contributed by atoms with Crippen molar-refractivity contribution in [1.82, 2.24) is 4.98 Å². The number of rotatable bonds is 7. The summed E-state index contributed by atoms with van der Waals surface area (Å²) in [5.41, 5.74) is -0.562. The van der Waals surface area contributed by atoms with Crippen LogP contribution in [0.2, 0.25) is 0 Å². The van der Waals surface area contributed by atoms with E-state index in [0.29, 0.717) is 10.9 Å². The van der Waals surface area contributed by atoms with Crippen LogP contribution in [0.4, 0.5) is 16.5 Å². The van der Waals surface area contributed by atoms with Gasteiger partial charge < -0.3 is 4.42 Å². The lowest BCUT2D eigenvalue weighted by atomic mass is 10.1. The first-order valence-corrected chi connectivity index (χ1v) is 11.1. The number of carbonyl (C=O) groups excluding carboxylic acids is 1. The Bertz CT molecular complexity index is 1300. The van der Waals surface area contributed by atoms with Crippen LogP contribution in [0.25, 0.3) is 10.2 Å². The van der Waals surface area contributed by atoms with Crippen molar-refractivity contribution in [1.29, 1.82) is 0 Å². The number of fused-ring (bicyclic) bond motifs is 1. The molecule has 2 aromatic carbocycles. The number of para-hydroxylation sites is 1. The number of carbonyl (C=O) groups is 1. The first-order chi connectivity index (χ1) is 15.4. The van der Waals surface area contributed by atoms with Crippen LogP contribution < -0.4 is 4.90 Å². The topological polar surface area (TPSA) is 133 Å². The number of benzene rings is 2. The predicted octanol–water partition coefficient (Wildman–Crippen LogP) is 5.27. The molecule has 0 bridgehead atoms. The van der Waals surface area contributed by atoms with Crippen LogP contribution in [0.1, 0.15) is 16.1 Å². The van der Waals surface area contributed by atoms with E-state index in [0.717, 1.165) is 33.3 Å². The molecule has 0 aliphatic carbocycles. The lowest BCUT2D eigenvalue weighted by Gasteiger charge is -2.18. The fourth-order valence-electron chi connectivity index (χ4n) is 3.06. The second-order valence-electron chi connectivity index (χ2n) is 6.53. The molecule has 0 N–H and O–H groups in total. The third-order valence-corrected chi connectivity index (χ3v) is 6.34. The number of nitro benzene ring substituents is 2. The number of furan rings is 1. The van der Waals surface area contributed by atoms with Crippen LogP contribution in [0.15, 0.2) is 64.1 Å². The van der Waals surface area contributed by atoms with Gasteiger partial charge in [-0.1, -0.05) is 17.4 Å². The summed E-state index contributed by atoms with van der Waals surface area (Å²) in [5.74, 6) is -0.208. The van der Waals surface area contributed by atoms with Gasteiger partial charge in [0.2, 0.25) is 0 Å². The fraction of sp³-hybridized carbons (Fsp3) is 0.100. The molecule has 1 amide bonds. The molecule has 0 radical (unpaired) electrons. The smallest absolute Gasteiger partial charge is 0.277 e.